The Hall–Kier alpha value is -2.42. The molecule has 5 rings (SSSR count). The highest BCUT2D eigenvalue weighted by Gasteiger charge is 2.39. The second-order valence-corrected chi connectivity index (χ2v) is 8.66. The minimum Gasteiger partial charge on any atom is -0.338 e. The van der Waals surface area contributed by atoms with Gasteiger partial charge in [0.15, 0.2) is 0 Å². The Kier molecular flexibility index (Phi) is 3.75. The first kappa shape index (κ1) is 16.7. The first-order chi connectivity index (χ1) is 13.0. The predicted octanol–water partition coefficient (Wildman–Crippen LogP) is 1.83. The number of thiophene rings is 1. The summed E-state index contributed by atoms with van der Waals surface area (Å²) in [4.78, 5) is 36.7. The fourth-order valence-corrected chi connectivity index (χ4v) is 5.18. The summed E-state index contributed by atoms with van der Waals surface area (Å²) in [7, 11) is 1.71. The van der Waals surface area contributed by atoms with Crippen molar-refractivity contribution in [2.75, 3.05) is 36.5 Å². The lowest BCUT2D eigenvalue weighted by atomic mass is 10.0. The van der Waals surface area contributed by atoms with Gasteiger partial charge in [-0.3, -0.25) is 9.59 Å². The van der Waals surface area contributed by atoms with E-state index in [0.717, 1.165) is 40.5 Å². The number of fused-ring (bicyclic) bond motifs is 3. The molecule has 2 aliphatic heterocycles. The van der Waals surface area contributed by atoms with Crippen LogP contribution in [0.4, 0.5) is 10.9 Å². The third kappa shape index (κ3) is 2.80. The highest BCUT2D eigenvalue weighted by atomic mass is 32.1. The molecule has 2 amide bonds. The average Bonchev–Trinajstić information content (AvgIpc) is 3.26. The molecule has 8 nitrogen and oxygen atoms in total. The molecule has 0 radical (unpaired) electrons. The molecule has 0 spiro atoms. The van der Waals surface area contributed by atoms with Gasteiger partial charge in [-0.2, -0.15) is 4.98 Å². The summed E-state index contributed by atoms with van der Waals surface area (Å²) in [5, 5.41) is 4.85. The van der Waals surface area contributed by atoms with Crippen molar-refractivity contribution in [2.24, 2.45) is 5.92 Å². The van der Waals surface area contributed by atoms with Crippen LogP contribution in [0.1, 0.15) is 39.5 Å². The molecule has 2 aromatic heterocycles. The molecule has 1 saturated carbocycles. The van der Waals surface area contributed by atoms with E-state index in [9.17, 15) is 9.59 Å². The third-order valence-corrected chi connectivity index (χ3v) is 6.69. The van der Waals surface area contributed by atoms with Crippen LogP contribution >= 0.6 is 11.3 Å². The molecule has 0 unspecified atom stereocenters. The minimum atomic E-state index is -0.0435. The number of rotatable bonds is 3. The van der Waals surface area contributed by atoms with E-state index in [2.05, 4.69) is 15.0 Å². The van der Waals surface area contributed by atoms with Crippen molar-refractivity contribution in [3.05, 3.63) is 21.9 Å². The zero-order chi connectivity index (χ0) is 18.7. The number of aromatic nitrogens is 2. The molecule has 1 aliphatic carbocycles. The predicted molar refractivity (Wildman–Crippen MR) is 100 cm³/mol. The fraction of sp³-hybridized carbons (Fsp3) is 0.556. The standard InChI is InChI=1S/C18H21N5O3S/c1-10-19-18(20-26-10)22-6-5-12-13(8-22)27-17-15(12)16(25)21(2)9-14(24)23(17)7-11-3-4-11/h11H,3-9H2,1-2H3. The monoisotopic (exact) mass is 387 g/mol. The summed E-state index contributed by atoms with van der Waals surface area (Å²) in [6.07, 6.45) is 3.07. The van der Waals surface area contributed by atoms with Gasteiger partial charge in [-0.1, -0.05) is 0 Å². The summed E-state index contributed by atoms with van der Waals surface area (Å²) in [5.74, 6) is 1.66. The number of hydrogen-bond acceptors (Lipinski definition) is 7. The second-order valence-electron chi connectivity index (χ2n) is 7.58. The maximum Gasteiger partial charge on any atom is 0.266 e. The smallest absolute Gasteiger partial charge is 0.266 e. The van der Waals surface area contributed by atoms with Crippen molar-refractivity contribution < 1.29 is 14.1 Å². The van der Waals surface area contributed by atoms with Gasteiger partial charge in [0.1, 0.15) is 11.5 Å². The van der Waals surface area contributed by atoms with Crippen molar-refractivity contribution in [1.82, 2.24) is 15.0 Å². The zero-order valence-electron chi connectivity index (χ0n) is 15.4. The summed E-state index contributed by atoms with van der Waals surface area (Å²) in [5.41, 5.74) is 1.81. The van der Waals surface area contributed by atoms with Crippen molar-refractivity contribution in [3.63, 3.8) is 0 Å². The third-order valence-electron chi connectivity index (χ3n) is 5.45. The van der Waals surface area contributed by atoms with Crippen LogP contribution in [0.5, 0.6) is 0 Å². The molecule has 142 valence electrons. The first-order valence-corrected chi connectivity index (χ1v) is 10.1. The van der Waals surface area contributed by atoms with E-state index in [-0.39, 0.29) is 18.4 Å². The van der Waals surface area contributed by atoms with Crippen molar-refractivity contribution in [3.8, 4) is 0 Å². The lowest BCUT2D eigenvalue weighted by Gasteiger charge is -2.26. The van der Waals surface area contributed by atoms with Gasteiger partial charge in [0.2, 0.25) is 11.8 Å². The van der Waals surface area contributed by atoms with Crippen molar-refractivity contribution >= 4 is 34.1 Å². The summed E-state index contributed by atoms with van der Waals surface area (Å²) < 4.78 is 5.10. The Labute approximate surface area is 160 Å². The minimum absolute atomic E-state index is 0.0146. The molecular formula is C18H21N5O3S. The topological polar surface area (TPSA) is 82.8 Å². The van der Waals surface area contributed by atoms with Crippen LogP contribution in [0.2, 0.25) is 0 Å². The molecule has 0 atom stereocenters. The highest BCUT2D eigenvalue weighted by Crippen LogP contribution is 2.43. The maximum atomic E-state index is 13.0. The van der Waals surface area contributed by atoms with Crippen molar-refractivity contribution in [2.45, 2.75) is 32.7 Å². The van der Waals surface area contributed by atoms with Gasteiger partial charge in [-0.05, 0) is 35.9 Å². The van der Waals surface area contributed by atoms with Gasteiger partial charge in [0.05, 0.1) is 12.1 Å². The molecule has 0 N–H and O–H groups in total. The Morgan fingerprint density at radius 3 is 2.78 bits per heavy atom. The second kappa shape index (κ2) is 6.05. The van der Waals surface area contributed by atoms with E-state index in [4.69, 9.17) is 4.52 Å². The van der Waals surface area contributed by atoms with E-state index in [1.807, 2.05) is 4.90 Å². The number of nitrogens with zero attached hydrogens (tertiary/aromatic N) is 5. The number of amides is 2. The molecule has 3 aliphatic rings. The zero-order valence-corrected chi connectivity index (χ0v) is 16.2. The Balaban J connectivity index is 1.54. The molecular weight excluding hydrogens is 366 g/mol. The molecule has 0 saturated heterocycles. The Bertz CT molecular complexity index is 932. The number of carbonyl (C=O) groups excluding carboxylic acids is 2. The van der Waals surface area contributed by atoms with Gasteiger partial charge in [0, 0.05) is 31.9 Å². The van der Waals surface area contributed by atoms with Gasteiger partial charge in [-0.15, -0.1) is 11.3 Å². The van der Waals surface area contributed by atoms with Crippen LogP contribution in [-0.4, -0.2) is 53.5 Å². The van der Waals surface area contributed by atoms with Crippen LogP contribution in [0.15, 0.2) is 4.52 Å². The number of anilines is 2. The van der Waals surface area contributed by atoms with Crippen LogP contribution in [0.3, 0.4) is 0 Å². The van der Waals surface area contributed by atoms with E-state index < -0.39 is 0 Å². The summed E-state index contributed by atoms with van der Waals surface area (Å²) in [6, 6.07) is 0. The molecule has 9 heteroatoms. The fourth-order valence-electron chi connectivity index (χ4n) is 3.79. The molecule has 4 heterocycles. The quantitative estimate of drug-likeness (QED) is 0.799. The first-order valence-electron chi connectivity index (χ1n) is 9.27. The number of hydrogen-bond donors (Lipinski definition) is 0. The average molecular weight is 387 g/mol. The van der Waals surface area contributed by atoms with Crippen molar-refractivity contribution in [1.29, 1.82) is 0 Å². The lowest BCUT2D eigenvalue weighted by Crippen LogP contribution is -2.38. The summed E-state index contributed by atoms with van der Waals surface area (Å²) in [6.45, 7) is 4.00. The summed E-state index contributed by atoms with van der Waals surface area (Å²) >= 11 is 1.57. The lowest BCUT2D eigenvalue weighted by molar-refractivity contribution is -0.119. The van der Waals surface area contributed by atoms with Gasteiger partial charge in [0.25, 0.3) is 11.9 Å². The van der Waals surface area contributed by atoms with Gasteiger partial charge in [-0.25, -0.2) is 0 Å². The molecule has 1 fully saturated rings. The van der Waals surface area contributed by atoms with Crippen LogP contribution < -0.4 is 9.80 Å². The highest BCUT2D eigenvalue weighted by molar-refractivity contribution is 7.17. The molecule has 0 aromatic carbocycles. The maximum absolute atomic E-state index is 13.0. The number of carbonyl (C=O) groups is 2. The SMILES string of the molecule is Cc1nc(N2CCc3c(sc4c3C(=O)N(C)CC(=O)N4CC3CC3)C2)no1. The molecule has 0 bridgehead atoms. The van der Waals surface area contributed by atoms with E-state index in [1.54, 1.807) is 30.2 Å². The van der Waals surface area contributed by atoms with E-state index >= 15 is 0 Å². The molecule has 27 heavy (non-hydrogen) atoms. The Morgan fingerprint density at radius 1 is 1.26 bits per heavy atom. The van der Waals surface area contributed by atoms with Gasteiger partial charge >= 0.3 is 0 Å². The van der Waals surface area contributed by atoms with Gasteiger partial charge < -0.3 is 19.2 Å². The van der Waals surface area contributed by atoms with Crippen LogP contribution in [-0.2, 0) is 17.8 Å². The largest absolute Gasteiger partial charge is 0.338 e. The normalized spacial score (nSPS) is 20.0. The number of aryl methyl sites for hydroxylation is 1. The number of likely N-dealkylation sites (N-methyl/N-ethyl adjacent to an activating group) is 1. The van der Waals surface area contributed by atoms with Crippen LogP contribution in [0, 0.1) is 12.8 Å². The van der Waals surface area contributed by atoms with Crippen LogP contribution in [0.25, 0.3) is 0 Å². The van der Waals surface area contributed by atoms with E-state index in [1.165, 1.54) is 12.8 Å². The molecule has 2 aromatic rings. The van der Waals surface area contributed by atoms with E-state index in [0.29, 0.717) is 24.3 Å². The Morgan fingerprint density at radius 2 is 2.07 bits per heavy atom.